The molecule has 1 N–H and O–H groups in total. The van der Waals surface area contributed by atoms with Gasteiger partial charge in [0.15, 0.2) is 0 Å². The van der Waals surface area contributed by atoms with Crippen LogP contribution in [0.3, 0.4) is 0 Å². The van der Waals surface area contributed by atoms with Gasteiger partial charge in [-0.05, 0) is 18.6 Å². The van der Waals surface area contributed by atoms with Gasteiger partial charge >= 0.3 is 6.18 Å². The van der Waals surface area contributed by atoms with Gasteiger partial charge in [0.05, 0.1) is 18.0 Å². The fourth-order valence-electron chi connectivity index (χ4n) is 3.44. The summed E-state index contributed by atoms with van der Waals surface area (Å²) in [6, 6.07) is 2.67. The molecule has 1 aliphatic carbocycles. The molecule has 1 saturated heterocycles. The minimum Gasteiger partial charge on any atom is -0.380 e. The van der Waals surface area contributed by atoms with E-state index in [2.05, 4.69) is 24.1 Å². The molecule has 1 saturated carbocycles. The van der Waals surface area contributed by atoms with E-state index >= 15 is 0 Å². The number of nitrogens with zero attached hydrogens (tertiary/aromatic N) is 1. The van der Waals surface area contributed by atoms with E-state index in [1.54, 1.807) is 0 Å². The Balaban J connectivity index is 1.72. The Morgan fingerprint density at radius 3 is 2.70 bits per heavy atom. The molecule has 20 heavy (non-hydrogen) atoms. The highest BCUT2D eigenvalue weighted by Crippen LogP contribution is 2.53. The molecule has 110 valence electrons. The third-order valence-corrected chi connectivity index (χ3v) is 4.48. The van der Waals surface area contributed by atoms with Gasteiger partial charge in [0.25, 0.3) is 0 Å². The highest BCUT2D eigenvalue weighted by molar-refractivity contribution is 5.44. The van der Waals surface area contributed by atoms with Crippen molar-refractivity contribution in [2.75, 3.05) is 11.9 Å². The Morgan fingerprint density at radius 1 is 1.35 bits per heavy atom. The Kier molecular flexibility index (Phi) is 2.97. The number of nitrogens with one attached hydrogen (secondary N) is 1. The summed E-state index contributed by atoms with van der Waals surface area (Å²) < 4.78 is 43.1. The molecule has 3 atom stereocenters. The summed E-state index contributed by atoms with van der Waals surface area (Å²) >= 11 is 0. The van der Waals surface area contributed by atoms with Gasteiger partial charge in [-0.2, -0.15) is 13.2 Å². The number of hydrogen-bond donors (Lipinski definition) is 1. The summed E-state index contributed by atoms with van der Waals surface area (Å²) in [5.74, 6) is 0.437. The van der Waals surface area contributed by atoms with E-state index in [4.69, 9.17) is 4.74 Å². The van der Waals surface area contributed by atoms with Crippen LogP contribution in [0.1, 0.15) is 26.0 Å². The largest absolute Gasteiger partial charge is 0.433 e. The van der Waals surface area contributed by atoms with Crippen molar-refractivity contribution in [2.45, 2.75) is 38.6 Å². The summed E-state index contributed by atoms with van der Waals surface area (Å²) in [6.45, 7) is 5.01. The van der Waals surface area contributed by atoms with E-state index < -0.39 is 11.9 Å². The van der Waals surface area contributed by atoms with Crippen molar-refractivity contribution < 1.29 is 17.9 Å². The van der Waals surface area contributed by atoms with Crippen molar-refractivity contribution in [3.8, 4) is 0 Å². The van der Waals surface area contributed by atoms with Gasteiger partial charge in [-0.3, -0.25) is 0 Å². The van der Waals surface area contributed by atoms with E-state index in [1.165, 1.54) is 12.3 Å². The lowest BCUT2D eigenvalue weighted by Crippen LogP contribution is -2.63. The first-order valence-corrected chi connectivity index (χ1v) is 6.71. The molecule has 0 radical (unpaired) electrons. The van der Waals surface area contributed by atoms with Crippen molar-refractivity contribution in [1.82, 2.24) is 4.98 Å². The molecule has 3 nitrogen and oxygen atoms in total. The number of hydrogen-bond acceptors (Lipinski definition) is 3. The number of anilines is 1. The van der Waals surface area contributed by atoms with Crippen LogP contribution in [-0.4, -0.2) is 23.7 Å². The molecular formula is C14H17F3N2O. The third-order valence-electron chi connectivity index (χ3n) is 4.48. The van der Waals surface area contributed by atoms with Crippen molar-refractivity contribution >= 4 is 5.69 Å². The lowest BCUT2D eigenvalue weighted by molar-refractivity contribution is -0.141. The standard InChI is InChI=1S/C14H17F3N2O/c1-13(2)11(9-5-6-20-12(9)13)19-8-3-4-10(18-7-8)14(15,16)17/h3-4,7,9,11-12,19H,5-6H2,1-2H3. The van der Waals surface area contributed by atoms with Crippen LogP contribution >= 0.6 is 0 Å². The first-order valence-electron chi connectivity index (χ1n) is 6.71. The van der Waals surface area contributed by atoms with Gasteiger partial charge < -0.3 is 10.1 Å². The van der Waals surface area contributed by atoms with Crippen LogP contribution in [0.15, 0.2) is 18.3 Å². The first-order chi connectivity index (χ1) is 9.30. The molecule has 6 heteroatoms. The number of halogens is 3. The monoisotopic (exact) mass is 286 g/mol. The Hall–Kier alpha value is -1.30. The van der Waals surface area contributed by atoms with Gasteiger partial charge in [0.1, 0.15) is 5.69 Å². The minimum absolute atomic E-state index is 0.0101. The van der Waals surface area contributed by atoms with Gasteiger partial charge in [0.2, 0.25) is 0 Å². The van der Waals surface area contributed by atoms with E-state index in [1.807, 2.05) is 0 Å². The Labute approximate surface area is 115 Å². The van der Waals surface area contributed by atoms with Crippen LogP contribution in [-0.2, 0) is 10.9 Å². The molecule has 0 bridgehead atoms. The highest BCUT2D eigenvalue weighted by Gasteiger charge is 2.59. The van der Waals surface area contributed by atoms with E-state index in [0.29, 0.717) is 11.6 Å². The molecule has 0 amide bonds. The number of rotatable bonds is 2. The second-order valence-electron chi connectivity index (χ2n) is 6.12. The Bertz CT molecular complexity index is 498. The van der Waals surface area contributed by atoms with Crippen LogP contribution in [0, 0.1) is 11.3 Å². The molecule has 0 spiro atoms. The third kappa shape index (κ3) is 2.06. The van der Waals surface area contributed by atoms with Gasteiger partial charge in [0, 0.05) is 24.0 Å². The number of aromatic nitrogens is 1. The lowest BCUT2D eigenvalue weighted by Gasteiger charge is -2.55. The molecule has 1 aromatic rings. The van der Waals surface area contributed by atoms with E-state index in [0.717, 1.165) is 19.1 Å². The quantitative estimate of drug-likeness (QED) is 0.905. The first kappa shape index (κ1) is 13.7. The van der Waals surface area contributed by atoms with E-state index in [-0.39, 0.29) is 17.6 Å². The van der Waals surface area contributed by atoms with Crippen LogP contribution < -0.4 is 5.32 Å². The maximum atomic E-state index is 12.5. The van der Waals surface area contributed by atoms with Crippen molar-refractivity contribution in [1.29, 1.82) is 0 Å². The summed E-state index contributed by atoms with van der Waals surface area (Å²) in [4.78, 5) is 3.48. The zero-order valence-electron chi connectivity index (χ0n) is 11.4. The fraction of sp³-hybridized carbons (Fsp3) is 0.643. The smallest absolute Gasteiger partial charge is 0.380 e. The molecule has 1 aliphatic heterocycles. The minimum atomic E-state index is -4.39. The highest BCUT2D eigenvalue weighted by atomic mass is 19.4. The molecule has 2 aliphatic rings. The summed E-state index contributed by atoms with van der Waals surface area (Å²) in [5.41, 5.74) is -0.247. The van der Waals surface area contributed by atoms with Gasteiger partial charge in [-0.1, -0.05) is 13.8 Å². The predicted molar refractivity (Wildman–Crippen MR) is 68.3 cm³/mol. The zero-order chi connectivity index (χ0) is 14.5. The molecule has 3 unspecified atom stereocenters. The maximum absolute atomic E-state index is 12.5. The molecule has 2 fully saturated rings. The summed E-state index contributed by atoms with van der Waals surface area (Å²) in [5, 5.41) is 3.31. The average Bonchev–Trinajstić information content (AvgIpc) is 2.82. The number of ether oxygens (including phenoxy) is 1. The molecule has 0 aromatic carbocycles. The average molecular weight is 286 g/mol. The molecule has 1 aromatic heterocycles. The van der Waals surface area contributed by atoms with Gasteiger partial charge in [-0.25, -0.2) is 4.98 Å². The Morgan fingerprint density at radius 2 is 2.10 bits per heavy atom. The molecular weight excluding hydrogens is 269 g/mol. The van der Waals surface area contributed by atoms with Crippen molar-refractivity contribution in [2.24, 2.45) is 11.3 Å². The number of pyridine rings is 1. The summed E-state index contributed by atoms with van der Waals surface area (Å²) in [6.07, 6.45) is -1.89. The normalized spacial score (nSPS) is 31.6. The molecule has 2 heterocycles. The second kappa shape index (κ2) is 4.35. The van der Waals surface area contributed by atoms with E-state index in [9.17, 15) is 13.2 Å². The number of fused-ring (bicyclic) bond motifs is 1. The van der Waals surface area contributed by atoms with Crippen LogP contribution in [0.25, 0.3) is 0 Å². The number of alkyl halides is 3. The van der Waals surface area contributed by atoms with Crippen LogP contribution in [0.4, 0.5) is 18.9 Å². The van der Waals surface area contributed by atoms with Crippen LogP contribution in [0.2, 0.25) is 0 Å². The predicted octanol–water partition coefficient (Wildman–Crippen LogP) is 3.33. The molecule has 3 rings (SSSR count). The van der Waals surface area contributed by atoms with Crippen molar-refractivity contribution in [3.63, 3.8) is 0 Å². The van der Waals surface area contributed by atoms with Crippen molar-refractivity contribution in [3.05, 3.63) is 24.0 Å². The second-order valence-corrected chi connectivity index (χ2v) is 6.12. The van der Waals surface area contributed by atoms with Crippen LogP contribution in [0.5, 0.6) is 0 Å². The fourth-order valence-corrected chi connectivity index (χ4v) is 3.44. The lowest BCUT2D eigenvalue weighted by atomic mass is 9.57. The topological polar surface area (TPSA) is 34.2 Å². The SMILES string of the molecule is CC1(C)C(Nc2ccc(C(F)(F)F)nc2)C2CCOC21. The van der Waals surface area contributed by atoms with Gasteiger partial charge in [-0.15, -0.1) is 0 Å². The maximum Gasteiger partial charge on any atom is 0.433 e. The zero-order valence-corrected chi connectivity index (χ0v) is 11.4. The summed E-state index contributed by atoms with van der Waals surface area (Å²) in [7, 11) is 0.